The van der Waals surface area contributed by atoms with E-state index < -0.39 is 11.9 Å². The monoisotopic (exact) mass is 321 g/mol. The van der Waals surface area contributed by atoms with E-state index in [9.17, 15) is 14.7 Å². The highest BCUT2D eigenvalue weighted by Crippen LogP contribution is 2.21. The molecule has 22 heavy (non-hydrogen) atoms. The number of carbonyl (C=O) groups is 2. The molecular weight excluding hydrogens is 306 g/mol. The maximum atomic E-state index is 11.8. The molecule has 1 aromatic carbocycles. The Balaban J connectivity index is 2.01. The lowest BCUT2D eigenvalue weighted by Crippen LogP contribution is -2.33. The molecule has 1 amide bonds. The van der Waals surface area contributed by atoms with E-state index in [2.05, 4.69) is 14.9 Å². The normalized spacial score (nSPS) is 11.7. The van der Waals surface area contributed by atoms with Crippen molar-refractivity contribution in [1.29, 1.82) is 0 Å². The van der Waals surface area contributed by atoms with Crippen LogP contribution in [0.3, 0.4) is 0 Å². The van der Waals surface area contributed by atoms with E-state index in [1.807, 2.05) is 18.2 Å². The van der Waals surface area contributed by atoms with Crippen LogP contribution >= 0.6 is 11.5 Å². The number of para-hydroxylation sites is 1. The number of aliphatic carboxylic acids is 1. The summed E-state index contributed by atoms with van der Waals surface area (Å²) in [6.07, 6.45) is 1.61. The molecule has 116 valence electrons. The van der Waals surface area contributed by atoms with Gasteiger partial charge in [0.05, 0.1) is 19.2 Å². The Hall–Kier alpha value is -2.48. The van der Waals surface area contributed by atoms with Gasteiger partial charge in [0.15, 0.2) is 0 Å². The standard InChI is InChI=1S/C14H15N3O4S/c1-21-11-5-3-2-4-9(11)6-10(14(19)20)7-15-13(18)12-8-16-17-22-12/h2-5,8,10H,6-7H2,1H3,(H,15,18)(H,19,20). The van der Waals surface area contributed by atoms with E-state index in [0.717, 1.165) is 17.1 Å². The number of aromatic nitrogens is 2. The van der Waals surface area contributed by atoms with E-state index in [0.29, 0.717) is 10.6 Å². The maximum absolute atomic E-state index is 11.8. The zero-order valence-corrected chi connectivity index (χ0v) is 12.7. The van der Waals surface area contributed by atoms with Crippen LogP contribution in [0.25, 0.3) is 0 Å². The lowest BCUT2D eigenvalue weighted by molar-refractivity contribution is -0.141. The van der Waals surface area contributed by atoms with Gasteiger partial charge in [-0.1, -0.05) is 22.7 Å². The first-order chi connectivity index (χ1) is 10.6. The lowest BCUT2D eigenvalue weighted by atomic mass is 9.98. The van der Waals surface area contributed by atoms with Crippen LogP contribution in [0.2, 0.25) is 0 Å². The zero-order chi connectivity index (χ0) is 15.9. The molecule has 0 saturated heterocycles. The van der Waals surface area contributed by atoms with E-state index in [1.165, 1.54) is 13.3 Å². The van der Waals surface area contributed by atoms with Crippen molar-refractivity contribution in [3.8, 4) is 5.75 Å². The first-order valence-electron chi connectivity index (χ1n) is 6.52. The second-order valence-electron chi connectivity index (χ2n) is 4.54. The van der Waals surface area contributed by atoms with Gasteiger partial charge in [-0.25, -0.2) is 0 Å². The second-order valence-corrected chi connectivity index (χ2v) is 5.33. The van der Waals surface area contributed by atoms with Crippen molar-refractivity contribution >= 4 is 23.4 Å². The summed E-state index contributed by atoms with van der Waals surface area (Å²) in [6.45, 7) is 0.0180. The Labute approximate surface area is 131 Å². The van der Waals surface area contributed by atoms with Gasteiger partial charge in [0.2, 0.25) is 0 Å². The Kier molecular flexibility index (Phi) is 5.42. The average molecular weight is 321 g/mol. The van der Waals surface area contributed by atoms with Gasteiger partial charge in [0.1, 0.15) is 10.6 Å². The van der Waals surface area contributed by atoms with Gasteiger partial charge in [0, 0.05) is 6.54 Å². The summed E-state index contributed by atoms with van der Waals surface area (Å²) in [5.74, 6) is -1.47. The molecule has 2 rings (SSSR count). The molecule has 0 radical (unpaired) electrons. The molecule has 1 unspecified atom stereocenters. The molecule has 7 nitrogen and oxygen atoms in total. The van der Waals surface area contributed by atoms with Crippen LogP contribution in [-0.4, -0.2) is 40.2 Å². The Morgan fingerprint density at radius 3 is 2.82 bits per heavy atom. The van der Waals surface area contributed by atoms with Crippen molar-refractivity contribution in [1.82, 2.24) is 14.9 Å². The number of carbonyl (C=O) groups excluding carboxylic acids is 1. The smallest absolute Gasteiger partial charge is 0.308 e. The van der Waals surface area contributed by atoms with E-state index in [4.69, 9.17) is 4.74 Å². The van der Waals surface area contributed by atoms with Crippen LogP contribution in [0.15, 0.2) is 30.5 Å². The Morgan fingerprint density at radius 1 is 1.41 bits per heavy atom. The number of carboxylic acid groups (broad SMARTS) is 1. The number of rotatable bonds is 7. The Bertz CT molecular complexity index is 645. The highest BCUT2D eigenvalue weighted by atomic mass is 32.1. The van der Waals surface area contributed by atoms with Gasteiger partial charge in [-0.2, -0.15) is 0 Å². The lowest BCUT2D eigenvalue weighted by Gasteiger charge is -2.15. The average Bonchev–Trinajstić information content (AvgIpc) is 3.05. The molecule has 0 fully saturated rings. The van der Waals surface area contributed by atoms with Gasteiger partial charge in [-0.15, -0.1) is 5.10 Å². The first-order valence-corrected chi connectivity index (χ1v) is 7.29. The van der Waals surface area contributed by atoms with Crippen LogP contribution < -0.4 is 10.1 Å². The number of nitrogens with zero attached hydrogens (tertiary/aromatic N) is 2. The van der Waals surface area contributed by atoms with E-state index >= 15 is 0 Å². The van der Waals surface area contributed by atoms with Gasteiger partial charge in [-0.05, 0) is 29.6 Å². The van der Waals surface area contributed by atoms with Gasteiger partial charge >= 0.3 is 5.97 Å². The summed E-state index contributed by atoms with van der Waals surface area (Å²) in [4.78, 5) is 23.5. The van der Waals surface area contributed by atoms with Crippen LogP contribution in [0.1, 0.15) is 15.2 Å². The first kappa shape index (κ1) is 15.9. The topological polar surface area (TPSA) is 101 Å². The zero-order valence-electron chi connectivity index (χ0n) is 11.9. The fraction of sp³-hybridized carbons (Fsp3) is 0.286. The molecule has 2 N–H and O–H groups in total. The highest BCUT2D eigenvalue weighted by molar-refractivity contribution is 7.07. The molecule has 8 heteroatoms. The number of hydrogen-bond acceptors (Lipinski definition) is 6. The van der Waals surface area contributed by atoms with Crippen LogP contribution in [0, 0.1) is 5.92 Å². The molecule has 1 atom stereocenters. The Morgan fingerprint density at radius 2 is 2.18 bits per heavy atom. The SMILES string of the molecule is COc1ccccc1CC(CNC(=O)c1cnns1)C(=O)O. The largest absolute Gasteiger partial charge is 0.496 e. The fourth-order valence-corrected chi connectivity index (χ4v) is 2.39. The number of amides is 1. The van der Waals surface area contributed by atoms with Crippen molar-refractivity contribution in [2.24, 2.45) is 5.92 Å². The van der Waals surface area contributed by atoms with Crippen molar-refractivity contribution in [3.05, 3.63) is 40.9 Å². The minimum Gasteiger partial charge on any atom is -0.496 e. The molecule has 0 bridgehead atoms. The van der Waals surface area contributed by atoms with E-state index in [-0.39, 0.29) is 18.9 Å². The molecule has 2 aromatic rings. The molecule has 1 aromatic heterocycles. The molecule has 0 aliphatic heterocycles. The van der Waals surface area contributed by atoms with Gasteiger partial charge < -0.3 is 15.2 Å². The predicted molar refractivity (Wildman–Crippen MR) is 80.1 cm³/mol. The second kappa shape index (κ2) is 7.51. The third kappa shape index (κ3) is 4.01. The highest BCUT2D eigenvalue weighted by Gasteiger charge is 2.21. The third-order valence-corrected chi connectivity index (χ3v) is 3.77. The van der Waals surface area contributed by atoms with Crippen molar-refractivity contribution in [3.63, 3.8) is 0 Å². The number of methoxy groups -OCH3 is 1. The fourth-order valence-electron chi connectivity index (χ4n) is 1.95. The summed E-state index contributed by atoms with van der Waals surface area (Å²) >= 11 is 0.961. The molecule has 0 spiro atoms. The minimum atomic E-state index is -0.978. The number of carboxylic acids is 1. The van der Waals surface area contributed by atoms with Crippen molar-refractivity contribution in [2.45, 2.75) is 6.42 Å². The van der Waals surface area contributed by atoms with Crippen LogP contribution in [0.4, 0.5) is 0 Å². The summed E-state index contributed by atoms with van der Waals surface area (Å²) in [5.41, 5.74) is 0.783. The minimum absolute atomic E-state index is 0.0180. The number of benzene rings is 1. The van der Waals surface area contributed by atoms with Crippen LogP contribution in [0.5, 0.6) is 5.75 Å². The molecule has 1 heterocycles. The maximum Gasteiger partial charge on any atom is 0.308 e. The molecule has 0 aliphatic carbocycles. The van der Waals surface area contributed by atoms with Gasteiger partial charge in [0.25, 0.3) is 5.91 Å². The van der Waals surface area contributed by atoms with Crippen LogP contribution in [-0.2, 0) is 11.2 Å². The summed E-state index contributed by atoms with van der Waals surface area (Å²) < 4.78 is 8.81. The predicted octanol–water partition coefficient (Wildman–Crippen LogP) is 1.22. The third-order valence-electron chi connectivity index (χ3n) is 3.10. The number of nitrogens with one attached hydrogen (secondary N) is 1. The quantitative estimate of drug-likeness (QED) is 0.795. The van der Waals surface area contributed by atoms with E-state index in [1.54, 1.807) is 6.07 Å². The summed E-state index contributed by atoms with van der Waals surface area (Å²) in [6, 6.07) is 7.22. The van der Waals surface area contributed by atoms with Gasteiger partial charge in [-0.3, -0.25) is 9.59 Å². The number of ether oxygens (including phenoxy) is 1. The van der Waals surface area contributed by atoms with Crippen molar-refractivity contribution < 1.29 is 19.4 Å². The summed E-state index contributed by atoms with van der Waals surface area (Å²) in [5, 5.41) is 15.5. The summed E-state index contributed by atoms with van der Waals surface area (Å²) in [7, 11) is 1.53. The number of hydrogen-bond donors (Lipinski definition) is 2. The molecular formula is C14H15N3O4S. The molecule has 0 saturated carbocycles. The molecule has 0 aliphatic rings. The van der Waals surface area contributed by atoms with Crippen molar-refractivity contribution in [2.75, 3.05) is 13.7 Å².